The van der Waals surface area contributed by atoms with Crippen molar-refractivity contribution in [2.45, 2.75) is 26.4 Å². The van der Waals surface area contributed by atoms with Crippen LogP contribution in [0.1, 0.15) is 34.8 Å². The molecule has 21 heavy (non-hydrogen) atoms. The molecule has 0 spiro atoms. The summed E-state index contributed by atoms with van der Waals surface area (Å²) in [6.07, 6.45) is 2.72. The van der Waals surface area contributed by atoms with E-state index in [2.05, 4.69) is 29.4 Å². The lowest BCUT2D eigenvalue weighted by atomic mass is 10.1. The Kier molecular flexibility index (Phi) is 3.86. The number of nitrogens with zero attached hydrogens (tertiary/aromatic N) is 2. The standard InChI is InChI=1S/C17H19N3O/c1-2-8-18-16-10-13(7-9-19-16)17(21)20-11-14-5-3-4-6-15(14)12-20/h3-7,9-10H,2,8,11-12H2,1H3,(H,18,19). The molecule has 4 heteroatoms. The van der Waals surface area contributed by atoms with Gasteiger partial charge in [-0.25, -0.2) is 4.98 Å². The minimum atomic E-state index is 0.0631. The first kappa shape index (κ1) is 13.6. The van der Waals surface area contributed by atoms with Crippen molar-refractivity contribution >= 4 is 11.7 Å². The molecule has 0 unspecified atom stereocenters. The first-order chi connectivity index (χ1) is 10.3. The Hall–Kier alpha value is -2.36. The van der Waals surface area contributed by atoms with Crippen LogP contribution in [0.5, 0.6) is 0 Å². The van der Waals surface area contributed by atoms with Crippen LogP contribution < -0.4 is 5.32 Å². The summed E-state index contributed by atoms with van der Waals surface area (Å²) in [5.74, 6) is 0.826. The number of pyridine rings is 1. The van der Waals surface area contributed by atoms with Crippen LogP contribution in [-0.2, 0) is 13.1 Å². The van der Waals surface area contributed by atoms with Crippen LogP contribution in [0.4, 0.5) is 5.82 Å². The van der Waals surface area contributed by atoms with Gasteiger partial charge in [0.1, 0.15) is 5.82 Å². The molecular weight excluding hydrogens is 262 g/mol. The molecule has 0 radical (unpaired) electrons. The summed E-state index contributed by atoms with van der Waals surface area (Å²) in [6, 6.07) is 11.8. The highest BCUT2D eigenvalue weighted by Gasteiger charge is 2.23. The lowest BCUT2D eigenvalue weighted by Crippen LogP contribution is -2.25. The lowest BCUT2D eigenvalue weighted by Gasteiger charge is -2.16. The maximum atomic E-state index is 12.6. The number of carbonyl (C=O) groups excluding carboxylic acids is 1. The molecule has 1 N–H and O–H groups in total. The zero-order valence-electron chi connectivity index (χ0n) is 12.2. The topological polar surface area (TPSA) is 45.2 Å². The number of anilines is 1. The van der Waals surface area contributed by atoms with E-state index in [9.17, 15) is 4.79 Å². The largest absolute Gasteiger partial charge is 0.370 e. The second-order valence-corrected chi connectivity index (χ2v) is 5.29. The third-order valence-electron chi connectivity index (χ3n) is 3.69. The molecule has 0 saturated carbocycles. The summed E-state index contributed by atoms with van der Waals surface area (Å²) in [7, 11) is 0. The third-order valence-corrected chi connectivity index (χ3v) is 3.69. The van der Waals surface area contributed by atoms with Crippen molar-refractivity contribution in [3.63, 3.8) is 0 Å². The predicted octanol–water partition coefficient (Wildman–Crippen LogP) is 3.06. The lowest BCUT2D eigenvalue weighted by molar-refractivity contribution is 0.0751. The van der Waals surface area contributed by atoms with Crippen molar-refractivity contribution in [3.05, 3.63) is 59.3 Å². The number of fused-ring (bicyclic) bond motifs is 1. The van der Waals surface area contributed by atoms with Crippen LogP contribution >= 0.6 is 0 Å². The molecule has 1 aliphatic heterocycles. The summed E-state index contributed by atoms with van der Waals surface area (Å²) in [5, 5.41) is 3.22. The quantitative estimate of drug-likeness (QED) is 0.936. The maximum Gasteiger partial charge on any atom is 0.254 e. The highest BCUT2D eigenvalue weighted by atomic mass is 16.2. The van der Waals surface area contributed by atoms with Crippen LogP contribution in [0.3, 0.4) is 0 Å². The molecule has 1 amide bonds. The van der Waals surface area contributed by atoms with Crippen LogP contribution in [-0.4, -0.2) is 22.3 Å². The van der Waals surface area contributed by atoms with E-state index in [-0.39, 0.29) is 5.91 Å². The van der Waals surface area contributed by atoms with E-state index in [0.717, 1.165) is 18.8 Å². The van der Waals surface area contributed by atoms with Gasteiger partial charge in [-0.1, -0.05) is 31.2 Å². The molecule has 2 aromatic rings. The first-order valence-corrected chi connectivity index (χ1v) is 7.34. The van der Waals surface area contributed by atoms with Gasteiger partial charge in [0.2, 0.25) is 0 Å². The fraction of sp³-hybridized carbons (Fsp3) is 0.294. The van der Waals surface area contributed by atoms with Crippen LogP contribution in [0.2, 0.25) is 0 Å². The molecule has 1 aromatic carbocycles. The number of hydrogen-bond acceptors (Lipinski definition) is 3. The molecule has 2 heterocycles. The molecule has 3 rings (SSSR count). The second-order valence-electron chi connectivity index (χ2n) is 5.29. The van der Waals surface area contributed by atoms with Crippen molar-refractivity contribution in [2.75, 3.05) is 11.9 Å². The van der Waals surface area contributed by atoms with Crippen LogP contribution in [0.25, 0.3) is 0 Å². The molecule has 0 bridgehead atoms. The van der Waals surface area contributed by atoms with E-state index in [1.54, 1.807) is 12.3 Å². The van der Waals surface area contributed by atoms with Crippen molar-refractivity contribution in [2.24, 2.45) is 0 Å². The number of hydrogen-bond donors (Lipinski definition) is 1. The summed E-state index contributed by atoms with van der Waals surface area (Å²) in [5.41, 5.74) is 3.17. The van der Waals surface area contributed by atoms with Gasteiger partial charge in [-0.15, -0.1) is 0 Å². The van der Waals surface area contributed by atoms with Gasteiger partial charge in [0.15, 0.2) is 0 Å². The number of carbonyl (C=O) groups is 1. The van der Waals surface area contributed by atoms with E-state index in [1.165, 1.54) is 11.1 Å². The predicted molar refractivity (Wildman–Crippen MR) is 83.0 cm³/mol. The fourth-order valence-corrected chi connectivity index (χ4v) is 2.57. The Bertz CT molecular complexity index is 629. The number of rotatable bonds is 4. The highest BCUT2D eigenvalue weighted by molar-refractivity contribution is 5.95. The zero-order valence-corrected chi connectivity index (χ0v) is 12.2. The minimum Gasteiger partial charge on any atom is -0.370 e. The van der Waals surface area contributed by atoms with Gasteiger partial charge in [-0.3, -0.25) is 4.79 Å². The molecule has 1 aliphatic rings. The van der Waals surface area contributed by atoms with E-state index in [0.29, 0.717) is 18.7 Å². The smallest absolute Gasteiger partial charge is 0.254 e. The highest BCUT2D eigenvalue weighted by Crippen LogP contribution is 2.24. The second kappa shape index (κ2) is 5.95. The molecule has 4 nitrogen and oxygen atoms in total. The molecule has 0 aliphatic carbocycles. The van der Waals surface area contributed by atoms with Gasteiger partial charge in [-0.2, -0.15) is 0 Å². The van der Waals surface area contributed by atoms with Gasteiger partial charge < -0.3 is 10.2 Å². The van der Waals surface area contributed by atoms with E-state index >= 15 is 0 Å². The Balaban J connectivity index is 1.75. The number of nitrogens with one attached hydrogen (secondary N) is 1. The summed E-state index contributed by atoms with van der Waals surface area (Å²) in [6.45, 7) is 4.34. The van der Waals surface area contributed by atoms with Gasteiger partial charge >= 0.3 is 0 Å². The van der Waals surface area contributed by atoms with Crippen molar-refractivity contribution < 1.29 is 4.79 Å². The third kappa shape index (κ3) is 2.89. The summed E-state index contributed by atoms with van der Waals surface area (Å²) in [4.78, 5) is 18.7. The van der Waals surface area contributed by atoms with Gasteiger partial charge in [0, 0.05) is 31.4 Å². The first-order valence-electron chi connectivity index (χ1n) is 7.34. The van der Waals surface area contributed by atoms with E-state index < -0.39 is 0 Å². The average molecular weight is 281 g/mol. The molecular formula is C17H19N3O. The van der Waals surface area contributed by atoms with Crippen molar-refractivity contribution in [1.29, 1.82) is 0 Å². The fourth-order valence-electron chi connectivity index (χ4n) is 2.57. The van der Waals surface area contributed by atoms with Crippen molar-refractivity contribution in [1.82, 2.24) is 9.88 Å². The monoisotopic (exact) mass is 281 g/mol. The van der Waals surface area contributed by atoms with E-state index in [4.69, 9.17) is 0 Å². The van der Waals surface area contributed by atoms with Gasteiger partial charge in [-0.05, 0) is 29.7 Å². The molecule has 0 saturated heterocycles. The Morgan fingerprint density at radius 2 is 1.95 bits per heavy atom. The molecule has 0 fully saturated rings. The average Bonchev–Trinajstić information content (AvgIpc) is 2.96. The van der Waals surface area contributed by atoms with Crippen LogP contribution in [0.15, 0.2) is 42.6 Å². The summed E-state index contributed by atoms with van der Waals surface area (Å²) >= 11 is 0. The number of aromatic nitrogens is 1. The van der Waals surface area contributed by atoms with Gasteiger partial charge in [0.05, 0.1) is 0 Å². The Morgan fingerprint density at radius 3 is 2.62 bits per heavy atom. The molecule has 108 valence electrons. The number of benzene rings is 1. The van der Waals surface area contributed by atoms with Crippen LogP contribution in [0, 0.1) is 0 Å². The number of amides is 1. The minimum absolute atomic E-state index is 0.0631. The normalized spacial score (nSPS) is 13.1. The molecule has 1 aromatic heterocycles. The van der Waals surface area contributed by atoms with Crippen molar-refractivity contribution in [3.8, 4) is 0 Å². The Morgan fingerprint density at radius 1 is 1.24 bits per heavy atom. The summed E-state index contributed by atoms with van der Waals surface area (Å²) < 4.78 is 0. The maximum absolute atomic E-state index is 12.6. The SMILES string of the molecule is CCCNc1cc(C(=O)N2Cc3ccccc3C2)ccn1. The Labute approximate surface area is 124 Å². The zero-order chi connectivity index (χ0) is 14.7. The molecule has 0 atom stereocenters. The van der Waals surface area contributed by atoms with Gasteiger partial charge in [0.25, 0.3) is 5.91 Å². The van der Waals surface area contributed by atoms with E-state index in [1.807, 2.05) is 23.1 Å².